The van der Waals surface area contributed by atoms with Crippen molar-refractivity contribution in [3.63, 3.8) is 0 Å². The fourth-order valence-electron chi connectivity index (χ4n) is 3.69. The van der Waals surface area contributed by atoms with Gasteiger partial charge in [0.25, 0.3) is 0 Å². The van der Waals surface area contributed by atoms with Crippen LogP contribution < -0.4 is 0 Å². The molecule has 0 spiro atoms. The number of carbonyl (C=O) groups excluding carboxylic acids is 1. The Morgan fingerprint density at radius 1 is 1.13 bits per heavy atom. The largest absolute Gasteiger partial charge is 0.465 e. The van der Waals surface area contributed by atoms with Crippen molar-refractivity contribution in [1.29, 1.82) is 0 Å². The molecule has 1 saturated heterocycles. The topological polar surface area (TPSA) is 69.9 Å². The van der Waals surface area contributed by atoms with E-state index in [1.54, 1.807) is 6.33 Å². The van der Waals surface area contributed by atoms with Crippen LogP contribution in [0.25, 0.3) is 22.4 Å². The molecule has 6 nitrogen and oxygen atoms in total. The highest BCUT2D eigenvalue weighted by Crippen LogP contribution is 2.49. The van der Waals surface area contributed by atoms with Crippen LogP contribution in [0.3, 0.4) is 0 Å². The molecule has 0 N–H and O–H groups in total. The van der Waals surface area contributed by atoms with Gasteiger partial charge in [0.2, 0.25) is 0 Å². The van der Waals surface area contributed by atoms with Crippen LogP contribution in [0.2, 0.25) is 0 Å². The summed E-state index contributed by atoms with van der Waals surface area (Å²) in [5, 5.41) is 0. The van der Waals surface area contributed by atoms with Crippen molar-refractivity contribution in [1.82, 2.24) is 19.5 Å². The fourth-order valence-corrected chi connectivity index (χ4v) is 3.69. The Morgan fingerprint density at radius 3 is 2.83 bits per heavy atom. The summed E-state index contributed by atoms with van der Waals surface area (Å²) in [6.07, 6.45) is 4.20. The Balaban J connectivity index is 1.59. The summed E-state index contributed by atoms with van der Waals surface area (Å²) in [6.45, 7) is 0.504. The summed E-state index contributed by atoms with van der Waals surface area (Å²) >= 11 is 0. The first-order chi connectivity index (χ1) is 11.3. The molecule has 5 rings (SSSR count). The third-order valence-corrected chi connectivity index (χ3v) is 4.99. The van der Waals surface area contributed by atoms with E-state index in [-0.39, 0.29) is 23.8 Å². The van der Waals surface area contributed by atoms with E-state index in [4.69, 9.17) is 4.74 Å². The van der Waals surface area contributed by atoms with Gasteiger partial charge in [-0.15, -0.1) is 0 Å². The van der Waals surface area contributed by atoms with Crippen molar-refractivity contribution < 1.29 is 9.53 Å². The second-order valence-corrected chi connectivity index (χ2v) is 6.12. The average Bonchev–Trinajstić information content (AvgIpc) is 3.10. The lowest BCUT2D eigenvalue weighted by Crippen LogP contribution is -2.38. The number of hydrogen-bond donors (Lipinski definition) is 0. The second kappa shape index (κ2) is 4.62. The third kappa shape index (κ3) is 1.75. The molecule has 2 aliphatic rings. The fraction of sp³-hybridized carbons (Fsp3) is 0.294. The first kappa shape index (κ1) is 12.8. The number of cyclic esters (lactones) is 1. The Hall–Kier alpha value is -2.76. The molecule has 0 radical (unpaired) electrons. The van der Waals surface area contributed by atoms with Crippen LogP contribution in [0.1, 0.15) is 12.5 Å². The maximum absolute atomic E-state index is 11.6. The molecule has 1 aliphatic heterocycles. The minimum absolute atomic E-state index is 0.0490. The monoisotopic (exact) mass is 306 g/mol. The normalized spacial score (nSPS) is 25.9. The molecule has 0 unspecified atom stereocenters. The predicted octanol–water partition coefficient (Wildman–Crippen LogP) is 2.23. The van der Waals surface area contributed by atoms with E-state index in [0.29, 0.717) is 6.61 Å². The first-order valence-corrected chi connectivity index (χ1v) is 7.72. The zero-order valence-electron chi connectivity index (χ0n) is 12.3. The van der Waals surface area contributed by atoms with E-state index < -0.39 is 0 Å². The Morgan fingerprint density at radius 2 is 2.00 bits per heavy atom. The summed E-state index contributed by atoms with van der Waals surface area (Å²) < 4.78 is 7.24. The Bertz CT molecular complexity index is 905. The molecule has 23 heavy (non-hydrogen) atoms. The van der Waals surface area contributed by atoms with Crippen molar-refractivity contribution in [3.8, 4) is 11.3 Å². The molecule has 0 bridgehead atoms. The average molecular weight is 306 g/mol. The summed E-state index contributed by atoms with van der Waals surface area (Å²) in [7, 11) is 0. The maximum atomic E-state index is 11.6. The number of benzene rings is 1. The van der Waals surface area contributed by atoms with Crippen molar-refractivity contribution in [2.75, 3.05) is 6.61 Å². The number of rotatable bonds is 2. The predicted molar refractivity (Wildman–Crippen MR) is 82.4 cm³/mol. The molecule has 3 aromatic rings. The minimum atomic E-state index is -0.0599. The number of carbonyl (C=O) groups is 1. The van der Waals surface area contributed by atoms with Crippen LogP contribution in [0.4, 0.5) is 0 Å². The molecule has 1 saturated carbocycles. The highest BCUT2D eigenvalue weighted by atomic mass is 16.5. The zero-order chi connectivity index (χ0) is 15.4. The van der Waals surface area contributed by atoms with Gasteiger partial charge < -0.3 is 9.30 Å². The highest BCUT2D eigenvalue weighted by molar-refractivity contribution is 5.87. The number of ether oxygens (including phenoxy) is 1. The molecule has 6 heteroatoms. The minimum Gasteiger partial charge on any atom is -0.465 e. The van der Waals surface area contributed by atoms with E-state index >= 15 is 0 Å². The molecule has 1 aromatic carbocycles. The van der Waals surface area contributed by atoms with Gasteiger partial charge in [0.05, 0.1) is 18.9 Å². The van der Waals surface area contributed by atoms with E-state index in [2.05, 4.69) is 19.5 Å². The van der Waals surface area contributed by atoms with Gasteiger partial charge >= 0.3 is 5.97 Å². The van der Waals surface area contributed by atoms with Crippen molar-refractivity contribution in [2.45, 2.75) is 12.5 Å². The summed E-state index contributed by atoms with van der Waals surface area (Å²) in [4.78, 5) is 25.0. The van der Waals surface area contributed by atoms with E-state index in [0.717, 1.165) is 28.8 Å². The highest BCUT2D eigenvalue weighted by Gasteiger charge is 2.52. The Labute approximate surface area is 132 Å². The van der Waals surface area contributed by atoms with Crippen LogP contribution in [0.15, 0.2) is 43.0 Å². The van der Waals surface area contributed by atoms with E-state index in [1.165, 1.54) is 0 Å². The van der Waals surface area contributed by atoms with Gasteiger partial charge in [0.1, 0.15) is 17.5 Å². The van der Waals surface area contributed by atoms with Gasteiger partial charge in [-0.3, -0.25) is 4.79 Å². The summed E-state index contributed by atoms with van der Waals surface area (Å²) in [6, 6.07) is 10.2. The van der Waals surface area contributed by atoms with Gasteiger partial charge in [-0.2, -0.15) is 0 Å². The molecule has 114 valence electrons. The van der Waals surface area contributed by atoms with Gasteiger partial charge in [0.15, 0.2) is 5.65 Å². The number of nitrogens with zero attached hydrogens (tertiary/aromatic N) is 4. The molecule has 3 atom stereocenters. The van der Waals surface area contributed by atoms with E-state index in [9.17, 15) is 4.79 Å². The number of fused-ring (bicyclic) bond motifs is 2. The second-order valence-electron chi connectivity index (χ2n) is 6.12. The molecule has 3 heterocycles. The molecular weight excluding hydrogens is 292 g/mol. The molecule has 2 aromatic heterocycles. The number of hydrogen-bond acceptors (Lipinski definition) is 5. The van der Waals surface area contributed by atoms with Gasteiger partial charge in [-0.25, -0.2) is 15.0 Å². The van der Waals surface area contributed by atoms with Crippen LogP contribution in [-0.4, -0.2) is 32.1 Å². The third-order valence-electron chi connectivity index (χ3n) is 4.99. The zero-order valence-corrected chi connectivity index (χ0v) is 12.3. The molecule has 2 fully saturated rings. The maximum Gasteiger partial charge on any atom is 0.309 e. The van der Waals surface area contributed by atoms with Crippen LogP contribution >= 0.6 is 0 Å². The smallest absolute Gasteiger partial charge is 0.309 e. The lowest BCUT2D eigenvalue weighted by atomic mass is 9.71. The summed E-state index contributed by atoms with van der Waals surface area (Å²) in [5.74, 6) is 0.234. The number of aromatic nitrogens is 4. The van der Waals surface area contributed by atoms with Crippen molar-refractivity contribution in [3.05, 3.63) is 43.0 Å². The van der Waals surface area contributed by atoms with Gasteiger partial charge in [0, 0.05) is 17.5 Å². The molecular formula is C17H14N4O2. The quantitative estimate of drug-likeness (QED) is 0.679. The van der Waals surface area contributed by atoms with E-state index in [1.807, 2.05) is 36.7 Å². The first-order valence-electron chi connectivity index (χ1n) is 7.72. The number of esters is 1. The molecule has 0 amide bonds. The van der Waals surface area contributed by atoms with Crippen molar-refractivity contribution in [2.24, 2.45) is 11.8 Å². The van der Waals surface area contributed by atoms with Crippen LogP contribution in [-0.2, 0) is 9.53 Å². The Kier molecular flexibility index (Phi) is 2.56. The standard InChI is InChI=1S/C17H14N4O2/c22-17-11-6-13(12(11)7-23-17)21-9-20-15-14(18-8-19-16(15)21)10-4-2-1-3-5-10/h1-5,8-9,11-13H,6-7H2/t11-,12-,13-/m1/s1. The van der Waals surface area contributed by atoms with Gasteiger partial charge in [-0.1, -0.05) is 30.3 Å². The van der Waals surface area contributed by atoms with Gasteiger partial charge in [-0.05, 0) is 6.42 Å². The van der Waals surface area contributed by atoms with Crippen LogP contribution in [0.5, 0.6) is 0 Å². The molecule has 1 aliphatic carbocycles. The summed E-state index contributed by atoms with van der Waals surface area (Å²) in [5.41, 5.74) is 3.48. The number of imidazole rings is 1. The van der Waals surface area contributed by atoms with Crippen LogP contribution in [0, 0.1) is 11.8 Å². The lowest BCUT2D eigenvalue weighted by Gasteiger charge is -2.37. The SMILES string of the molecule is O=C1OC[C@H]2[C@H](n3cnc4c(-c5ccccc5)ncnc43)C[C@@H]12. The lowest BCUT2D eigenvalue weighted by molar-refractivity contribution is -0.142. The van der Waals surface area contributed by atoms with Crippen molar-refractivity contribution >= 4 is 17.1 Å².